The van der Waals surface area contributed by atoms with Gasteiger partial charge in [0.15, 0.2) is 0 Å². The molecule has 1 aliphatic carbocycles. The number of unbranched alkanes of at least 4 members (excludes halogenated alkanes) is 1. The lowest BCUT2D eigenvalue weighted by atomic mass is 10.0. The summed E-state index contributed by atoms with van der Waals surface area (Å²) in [5, 5.41) is 0. The zero-order valence-corrected chi connectivity index (χ0v) is 7.62. The fourth-order valence-corrected chi connectivity index (χ4v) is 1.60. The Hall–Kier alpha value is -0.260. The molecule has 0 aliphatic heterocycles. The maximum atomic E-state index is 2.33. The van der Waals surface area contributed by atoms with Crippen LogP contribution >= 0.6 is 0 Å². The normalized spacial score (nSPS) is 21.6. The van der Waals surface area contributed by atoms with E-state index < -0.39 is 0 Å². The van der Waals surface area contributed by atoms with Gasteiger partial charge in [-0.3, -0.25) is 0 Å². The zero-order chi connectivity index (χ0) is 7.78. The third-order valence-corrected chi connectivity index (χ3v) is 2.86. The highest BCUT2D eigenvalue weighted by Gasteiger charge is 2.39. The second kappa shape index (κ2) is 2.41. The van der Waals surface area contributed by atoms with Gasteiger partial charge in [0.25, 0.3) is 0 Å². The fourth-order valence-electron chi connectivity index (χ4n) is 1.60. The highest BCUT2D eigenvalue weighted by Crippen LogP contribution is 2.53. The topological polar surface area (TPSA) is 0 Å². The van der Waals surface area contributed by atoms with Crippen molar-refractivity contribution in [3.8, 4) is 0 Å². The Morgan fingerprint density at radius 2 is 1.80 bits per heavy atom. The van der Waals surface area contributed by atoms with Crippen LogP contribution in [0.1, 0.15) is 47.0 Å². The van der Waals surface area contributed by atoms with Crippen LogP contribution in [-0.2, 0) is 0 Å². The number of hydrogen-bond donors (Lipinski definition) is 0. The van der Waals surface area contributed by atoms with Gasteiger partial charge in [-0.25, -0.2) is 0 Å². The van der Waals surface area contributed by atoms with E-state index in [2.05, 4.69) is 27.7 Å². The Balaban J connectivity index is 2.33. The first-order valence-electron chi connectivity index (χ1n) is 4.31. The van der Waals surface area contributed by atoms with Crippen molar-refractivity contribution < 1.29 is 0 Å². The van der Waals surface area contributed by atoms with E-state index >= 15 is 0 Å². The Labute approximate surface area is 64.3 Å². The summed E-state index contributed by atoms with van der Waals surface area (Å²) in [5.74, 6) is 0. The molecule has 0 fully saturated rings. The SMILES string of the molecule is CCCCC1=C(C)C1(C)C. The first kappa shape index (κ1) is 7.84. The predicted octanol–water partition coefficient (Wildman–Crippen LogP) is 3.53. The first-order valence-corrected chi connectivity index (χ1v) is 4.31. The maximum absolute atomic E-state index is 2.33. The average Bonchev–Trinajstić information content (AvgIpc) is 2.31. The minimum absolute atomic E-state index is 0.509. The maximum Gasteiger partial charge on any atom is 0.00671 e. The average molecular weight is 138 g/mol. The predicted molar refractivity (Wildman–Crippen MR) is 46.0 cm³/mol. The first-order chi connectivity index (χ1) is 4.60. The van der Waals surface area contributed by atoms with Crippen molar-refractivity contribution in [1.82, 2.24) is 0 Å². The molecule has 0 N–H and O–H groups in total. The molecule has 0 amide bonds. The third kappa shape index (κ3) is 1.12. The third-order valence-electron chi connectivity index (χ3n) is 2.86. The summed E-state index contributed by atoms with van der Waals surface area (Å²) in [4.78, 5) is 0. The van der Waals surface area contributed by atoms with Gasteiger partial charge in [-0.15, -0.1) is 0 Å². The molecule has 0 spiro atoms. The molecular formula is C10H18. The Morgan fingerprint density at radius 3 is 2.10 bits per heavy atom. The van der Waals surface area contributed by atoms with E-state index in [1.54, 1.807) is 11.1 Å². The van der Waals surface area contributed by atoms with E-state index in [-0.39, 0.29) is 0 Å². The van der Waals surface area contributed by atoms with Crippen LogP contribution < -0.4 is 0 Å². The van der Waals surface area contributed by atoms with E-state index in [0.29, 0.717) is 5.41 Å². The molecule has 1 aliphatic rings. The van der Waals surface area contributed by atoms with E-state index in [4.69, 9.17) is 0 Å². The van der Waals surface area contributed by atoms with Crippen molar-refractivity contribution >= 4 is 0 Å². The lowest BCUT2D eigenvalue weighted by Gasteiger charge is -2.02. The lowest BCUT2D eigenvalue weighted by molar-refractivity contribution is 0.637. The monoisotopic (exact) mass is 138 g/mol. The summed E-state index contributed by atoms with van der Waals surface area (Å²) in [6.07, 6.45) is 4.04. The Kier molecular flexibility index (Phi) is 1.89. The van der Waals surface area contributed by atoms with Gasteiger partial charge in [0.05, 0.1) is 0 Å². The smallest absolute Gasteiger partial charge is 0.00671 e. The molecule has 0 unspecified atom stereocenters. The minimum atomic E-state index is 0.509. The molecule has 0 nitrogen and oxygen atoms in total. The summed E-state index contributed by atoms with van der Waals surface area (Å²) >= 11 is 0. The molecule has 1 rings (SSSR count). The van der Waals surface area contributed by atoms with Gasteiger partial charge in [0.2, 0.25) is 0 Å². The van der Waals surface area contributed by atoms with Gasteiger partial charge >= 0.3 is 0 Å². The zero-order valence-electron chi connectivity index (χ0n) is 7.62. The molecule has 0 heteroatoms. The van der Waals surface area contributed by atoms with Crippen LogP contribution in [0.2, 0.25) is 0 Å². The molecule has 0 atom stereocenters. The van der Waals surface area contributed by atoms with Gasteiger partial charge in [0.1, 0.15) is 0 Å². The Morgan fingerprint density at radius 1 is 1.30 bits per heavy atom. The quantitative estimate of drug-likeness (QED) is 0.523. The highest BCUT2D eigenvalue weighted by molar-refractivity contribution is 5.45. The van der Waals surface area contributed by atoms with Crippen LogP contribution in [0, 0.1) is 5.41 Å². The van der Waals surface area contributed by atoms with Crippen LogP contribution in [0.5, 0.6) is 0 Å². The van der Waals surface area contributed by atoms with Gasteiger partial charge in [-0.05, 0) is 19.8 Å². The summed E-state index contributed by atoms with van der Waals surface area (Å²) in [5.41, 5.74) is 3.87. The van der Waals surface area contributed by atoms with Crippen LogP contribution in [0.4, 0.5) is 0 Å². The van der Waals surface area contributed by atoms with E-state index in [0.717, 1.165) is 0 Å². The largest absolute Gasteiger partial charge is 0.0654 e. The van der Waals surface area contributed by atoms with Crippen LogP contribution in [0.25, 0.3) is 0 Å². The fraction of sp³-hybridized carbons (Fsp3) is 0.800. The molecule has 10 heavy (non-hydrogen) atoms. The summed E-state index contributed by atoms with van der Waals surface area (Å²) < 4.78 is 0. The number of hydrogen-bond acceptors (Lipinski definition) is 0. The van der Waals surface area contributed by atoms with Crippen molar-refractivity contribution in [3.63, 3.8) is 0 Å². The van der Waals surface area contributed by atoms with Crippen molar-refractivity contribution in [2.24, 2.45) is 5.41 Å². The standard InChI is InChI=1S/C10H18/c1-5-6-7-9-8(2)10(9,3)4/h5-7H2,1-4H3. The van der Waals surface area contributed by atoms with E-state index in [1.165, 1.54) is 19.3 Å². The van der Waals surface area contributed by atoms with Crippen molar-refractivity contribution in [1.29, 1.82) is 0 Å². The molecular weight excluding hydrogens is 120 g/mol. The van der Waals surface area contributed by atoms with Gasteiger partial charge in [-0.1, -0.05) is 38.3 Å². The minimum Gasteiger partial charge on any atom is -0.0654 e. The molecule has 0 heterocycles. The number of rotatable bonds is 3. The molecule has 0 aromatic heterocycles. The number of allylic oxidation sites excluding steroid dienone is 2. The second-order valence-corrected chi connectivity index (χ2v) is 3.83. The molecule has 0 aromatic rings. The van der Waals surface area contributed by atoms with Crippen molar-refractivity contribution in [2.45, 2.75) is 47.0 Å². The van der Waals surface area contributed by atoms with Crippen LogP contribution in [0.15, 0.2) is 11.1 Å². The van der Waals surface area contributed by atoms with Gasteiger partial charge in [-0.2, -0.15) is 0 Å². The molecule has 0 saturated carbocycles. The van der Waals surface area contributed by atoms with Crippen LogP contribution in [-0.4, -0.2) is 0 Å². The van der Waals surface area contributed by atoms with Crippen LogP contribution in [0.3, 0.4) is 0 Å². The molecule has 0 bridgehead atoms. The highest BCUT2D eigenvalue weighted by atomic mass is 14.4. The van der Waals surface area contributed by atoms with Crippen molar-refractivity contribution in [2.75, 3.05) is 0 Å². The molecule has 0 radical (unpaired) electrons. The lowest BCUT2D eigenvalue weighted by Crippen LogP contribution is -1.91. The molecule has 0 aromatic carbocycles. The summed E-state index contributed by atoms with van der Waals surface area (Å²) in [7, 11) is 0. The van der Waals surface area contributed by atoms with Gasteiger partial charge in [0, 0.05) is 5.41 Å². The molecule has 0 saturated heterocycles. The van der Waals surface area contributed by atoms with E-state index in [9.17, 15) is 0 Å². The second-order valence-electron chi connectivity index (χ2n) is 3.83. The summed E-state index contributed by atoms with van der Waals surface area (Å²) in [6, 6.07) is 0. The van der Waals surface area contributed by atoms with Crippen molar-refractivity contribution in [3.05, 3.63) is 11.1 Å². The van der Waals surface area contributed by atoms with E-state index in [1.807, 2.05) is 0 Å². The Bertz CT molecular complexity index is 161. The summed E-state index contributed by atoms with van der Waals surface area (Å²) in [6.45, 7) is 9.18. The van der Waals surface area contributed by atoms with Gasteiger partial charge < -0.3 is 0 Å². The molecule has 58 valence electrons.